The lowest BCUT2D eigenvalue weighted by Gasteiger charge is -2.27. The van der Waals surface area contributed by atoms with E-state index in [2.05, 4.69) is 10.3 Å². The lowest BCUT2D eigenvalue weighted by atomic mass is 9.92. The first-order valence-electron chi connectivity index (χ1n) is 9.51. The van der Waals surface area contributed by atoms with Gasteiger partial charge in [0.05, 0.1) is 17.5 Å². The van der Waals surface area contributed by atoms with E-state index in [1.165, 1.54) is 6.20 Å². The van der Waals surface area contributed by atoms with E-state index in [4.69, 9.17) is 9.84 Å². The minimum atomic E-state index is -1.13. The van der Waals surface area contributed by atoms with Gasteiger partial charge in [-0.25, -0.2) is 9.59 Å². The van der Waals surface area contributed by atoms with Crippen LogP contribution in [0.1, 0.15) is 40.7 Å². The molecule has 5 rings (SSSR count). The van der Waals surface area contributed by atoms with Gasteiger partial charge in [-0.1, -0.05) is 12.1 Å². The summed E-state index contributed by atoms with van der Waals surface area (Å²) in [5.41, 5.74) is 1.28. The van der Waals surface area contributed by atoms with Gasteiger partial charge in [-0.15, -0.1) is 0 Å². The number of hydrogen-bond acceptors (Lipinski definition) is 5. The van der Waals surface area contributed by atoms with Crippen LogP contribution in [0, 0.1) is 0 Å². The summed E-state index contributed by atoms with van der Waals surface area (Å²) in [6, 6.07) is 8.75. The second-order valence-electron chi connectivity index (χ2n) is 7.87. The van der Waals surface area contributed by atoms with Crippen LogP contribution >= 0.6 is 0 Å². The van der Waals surface area contributed by atoms with Gasteiger partial charge in [0.15, 0.2) is 5.60 Å². The van der Waals surface area contributed by atoms with E-state index in [9.17, 15) is 14.4 Å². The van der Waals surface area contributed by atoms with Gasteiger partial charge in [0.2, 0.25) is 5.91 Å². The average Bonchev–Trinajstić information content (AvgIpc) is 3.34. The van der Waals surface area contributed by atoms with Crippen LogP contribution in [-0.2, 0) is 20.5 Å². The van der Waals surface area contributed by atoms with Crippen molar-refractivity contribution in [3.05, 3.63) is 59.4 Å². The number of hydrogen-bond donors (Lipinski definition) is 2. The van der Waals surface area contributed by atoms with Crippen molar-refractivity contribution < 1.29 is 24.2 Å². The number of esters is 1. The Morgan fingerprint density at radius 2 is 1.90 bits per heavy atom. The Morgan fingerprint density at radius 1 is 1.14 bits per heavy atom. The first-order valence-corrected chi connectivity index (χ1v) is 9.51. The van der Waals surface area contributed by atoms with Gasteiger partial charge in [-0.2, -0.15) is 0 Å². The highest BCUT2D eigenvalue weighted by atomic mass is 16.6. The van der Waals surface area contributed by atoms with Crippen molar-refractivity contribution in [2.45, 2.75) is 30.3 Å². The second-order valence-corrected chi connectivity index (χ2v) is 7.87. The van der Waals surface area contributed by atoms with Crippen LogP contribution in [0.4, 0.5) is 10.5 Å². The fraction of sp³-hybridized carbons (Fsp3) is 0.333. The molecule has 2 fully saturated rings. The number of ether oxygens (including phenoxy) is 1. The number of nitrogens with one attached hydrogen (secondary N) is 1. The molecule has 2 aromatic rings. The van der Waals surface area contributed by atoms with Gasteiger partial charge in [0.25, 0.3) is 0 Å². The molecule has 8 nitrogen and oxygen atoms in total. The third kappa shape index (κ3) is 2.66. The maximum atomic E-state index is 13.4. The van der Waals surface area contributed by atoms with E-state index >= 15 is 0 Å². The quantitative estimate of drug-likeness (QED) is 0.776. The molecule has 1 aromatic heterocycles. The lowest BCUT2D eigenvalue weighted by molar-refractivity contribution is -0.134. The van der Waals surface area contributed by atoms with Crippen molar-refractivity contribution in [1.82, 2.24) is 9.88 Å². The highest BCUT2D eigenvalue weighted by Crippen LogP contribution is 2.52. The molecule has 8 heteroatoms. The van der Waals surface area contributed by atoms with Crippen molar-refractivity contribution in [2.75, 3.05) is 18.4 Å². The fourth-order valence-corrected chi connectivity index (χ4v) is 4.55. The number of fused-ring (bicyclic) bond motifs is 2. The van der Waals surface area contributed by atoms with Gasteiger partial charge in [0, 0.05) is 36.6 Å². The number of nitrogens with zero attached hydrogens (tertiary/aromatic N) is 2. The molecule has 1 unspecified atom stereocenters. The van der Waals surface area contributed by atoms with Crippen LogP contribution in [0.15, 0.2) is 42.7 Å². The molecule has 2 aliphatic heterocycles. The van der Waals surface area contributed by atoms with E-state index in [1.807, 2.05) is 0 Å². The van der Waals surface area contributed by atoms with Gasteiger partial charge in [-0.3, -0.25) is 15.1 Å². The van der Waals surface area contributed by atoms with Crippen LogP contribution in [0.2, 0.25) is 0 Å². The standard InChI is InChI=1S/C21H19N3O5/c25-17-15-11-22-9-5-16(15)21(29-17)8-10-24(12-21)18(26)20(6-7-20)13-1-3-14(4-2-13)23-19(27)28/h1-5,9,11,23H,6-8,10,12H2,(H,27,28). The van der Waals surface area contributed by atoms with Crippen molar-refractivity contribution >= 4 is 23.7 Å². The Labute approximate surface area is 166 Å². The average molecular weight is 393 g/mol. The molecular formula is C21H19N3O5. The number of likely N-dealkylation sites (tertiary alicyclic amines) is 1. The van der Waals surface area contributed by atoms with E-state index in [0.717, 1.165) is 24.0 Å². The van der Waals surface area contributed by atoms with Gasteiger partial charge in [-0.05, 0) is 36.6 Å². The Morgan fingerprint density at radius 3 is 2.59 bits per heavy atom. The largest absolute Gasteiger partial charge is 0.465 e. The molecule has 1 aromatic carbocycles. The lowest BCUT2D eigenvalue weighted by Crippen LogP contribution is -2.40. The van der Waals surface area contributed by atoms with Crippen molar-refractivity contribution in [2.24, 2.45) is 0 Å². The molecule has 3 aliphatic rings. The Bertz CT molecular complexity index is 1030. The number of amides is 2. The smallest absolute Gasteiger partial charge is 0.409 e. The predicted octanol–water partition coefficient (Wildman–Crippen LogP) is 2.50. The van der Waals surface area contributed by atoms with Crippen LogP contribution < -0.4 is 5.32 Å². The molecule has 3 heterocycles. The minimum absolute atomic E-state index is 0.0341. The summed E-state index contributed by atoms with van der Waals surface area (Å²) in [5, 5.41) is 11.1. The molecule has 29 heavy (non-hydrogen) atoms. The summed E-state index contributed by atoms with van der Waals surface area (Å²) in [6.07, 6.45) is 4.11. The second kappa shape index (κ2) is 6.04. The minimum Gasteiger partial charge on any atom is -0.465 e. The van der Waals surface area contributed by atoms with Crippen molar-refractivity contribution in [3.63, 3.8) is 0 Å². The maximum absolute atomic E-state index is 13.4. The number of carbonyl (C=O) groups is 3. The third-order valence-corrected chi connectivity index (χ3v) is 6.19. The molecule has 1 atom stereocenters. The summed E-state index contributed by atoms with van der Waals surface area (Å²) < 4.78 is 5.72. The highest BCUT2D eigenvalue weighted by molar-refractivity contribution is 5.95. The normalized spacial score (nSPS) is 23.6. The number of carboxylic acid groups (broad SMARTS) is 1. The number of rotatable bonds is 3. The SMILES string of the molecule is O=C(O)Nc1ccc(C2(C(=O)N3CCC4(C3)OC(=O)c3cnccc34)CC2)cc1. The number of anilines is 1. The number of pyridine rings is 1. The molecule has 1 spiro atoms. The summed E-state index contributed by atoms with van der Waals surface area (Å²) in [7, 11) is 0. The van der Waals surface area contributed by atoms with Gasteiger partial charge >= 0.3 is 12.1 Å². The van der Waals surface area contributed by atoms with Crippen LogP contribution in [-0.4, -0.2) is 46.0 Å². The molecule has 1 saturated carbocycles. The van der Waals surface area contributed by atoms with Crippen molar-refractivity contribution in [1.29, 1.82) is 0 Å². The number of benzene rings is 1. The Balaban J connectivity index is 1.37. The van der Waals surface area contributed by atoms with Crippen LogP contribution in [0.25, 0.3) is 0 Å². The van der Waals surface area contributed by atoms with Crippen LogP contribution in [0.5, 0.6) is 0 Å². The summed E-state index contributed by atoms with van der Waals surface area (Å²) in [5.74, 6) is -0.350. The van der Waals surface area contributed by atoms with Crippen LogP contribution in [0.3, 0.4) is 0 Å². The molecule has 148 valence electrons. The Hall–Kier alpha value is -3.42. The topological polar surface area (TPSA) is 109 Å². The van der Waals surface area contributed by atoms with E-state index in [-0.39, 0.29) is 11.9 Å². The monoisotopic (exact) mass is 393 g/mol. The van der Waals surface area contributed by atoms with Crippen molar-refractivity contribution in [3.8, 4) is 0 Å². The maximum Gasteiger partial charge on any atom is 0.409 e. The molecule has 1 aliphatic carbocycles. The number of aromatic nitrogens is 1. The van der Waals surface area contributed by atoms with Gasteiger partial charge in [0.1, 0.15) is 0 Å². The molecule has 2 N–H and O–H groups in total. The summed E-state index contributed by atoms with van der Waals surface area (Å²) in [4.78, 5) is 42.2. The molecule has 2 amide bonds. The van der Waals surface area contributed by atoms with Gasteiger partial charge < -0.3 is 14.7 Å². The molecule has 0 radical (unpaired) electrons. The molecular weight excluding hydrogens is 374 g/mol. The zero-order valence-electron chi connectivity index (χ0n) is 15.6. The summed E-state index contributed by atoms with van der Waals surface area (Å²) >= 11 is 0. The van der Waals surface area contributed by atoms with E-state index in [0.29, 0.717) is 30.8 Å². The highest BCUT2D eigenvalue weighted by Gasteiger charge is 2.57. The fourth-order valence-electron chi connectivity index (χ4n) is 4.55. The van der Waals surface area contributed by atoms with E-state index < -0.39 is 17.1 Å². The zero-order chi connectivity index (χ0) is 20.2. The molecule has 1 saturated heterocycles. The Kier molecular flexibility index (Phi) is 3.68. The third-order valence-electron chi connectivity index (χ3n) is 6.19. The predicted molar refractivity (Wildman–Crippen MR) is 102 cm³/mol. The summed E-state index contributed by atoms with van der Waals surface area (Å²) in [6.45, 7) is 0.864. The molecule has 0 bridgehead atoms. The first-order chi connectivity index (χ1) is 13.9. The first kappa shape index (κ1) is 17.7. The zero-order valence-corrected chi connectivity index (χ0v) is 15.6. The number of carbonyl (C=O) groups excluding carboxylic acids is 2. The van der Waals surface area contributed by atoms with E-state index in [1.54, 1.807) is 41.4 Å².